The summed E-state index contributed by atoms with van der Waals surface area (Å²) in [7, 11) is 0. The predicted octanol–water partition coefficient (Wildman–Crippen LogP) is -0.241. The molecule has 1 amide bonds. The number of unbranched alkanes of at least 4 members (excludes halogenated alkanes) is 1. The Morgan fingerprint density at radius 2 is 2.29 bits per heavy atom. The molecule has 1 radical (unpaired) electrons. The fraction of sp³-hybridized carbons (Fsp3) is 0.600. The Morgan fingerprint density at radius 3 is 2.43 bits per heavy atom. The topological polar surface area (TPSA) is 44.7 Å². The van der Waals surface area contributed by atoms with Crippen LogP contribution in [0, 0.1) is 6.92 Å². The van der Waals surface area contributed by atoms with E-state index in [1.165, 1.54) is 0 Å². The quantitative estimate of drug-likeness (QED) is 0.524. The summed E-state index contributed by atoms with van der Waals surface area (Å²) in [5.41, 5.74) is 3.21. The molecule has 0 atom stereocenters. The Labute approximate surface area is 43.7 Å². The molecule has 0 unspecified atom stereocenters. The lowest BCUT2D eigenvalue weighted by molar-refractivity contribution is -0.305. The summed E-state index contributed by atoms with van der Waals surface area (Å²) in [6.07, 6.45) is 2.30. The third kappa shape index (κ3) is 5.63. The highest BCUT2D eigenvalue weighted by molar-refractivity contribution is 5.64. The summed E-state index contributed by atoms with van der Waals surface area (Å²) in [5.74, 6) is 0.0173. The predicted molar refractivity (Wildman–Crippen MR) is 27.1 cm³/mol. The molecule has 0 bridgehead atoms. The molecular formula is C5H11NO+. The number of hydrogen-bond donors (Lipinski definition) is 1. The number of carbonyl (C=O) groups excluding carboxylic acids is 1. The largest absolute Gasteiger partial charge is 0.308 e. The van der Waals surface area contributed by atoms with Crippen molar-refractivity contribution in [2.24, 2.45) is 0 Å². The SMILES string of the molecule is [CH2]CCCC([NH3+])=O. The normalized spacial score (nSPS) is 8.86. The minimum atomic E-state index is 0.0173. The molecule has 0 aromatic heterocycles. The summed E-state index contributed by atoms with van der Waals surface area (Å²) in [6.45, 7) is 3.58. The van der Waals surface area contributed by atoms with Gasteiger partial charge in [-0.1, -0.05) is 13.3 Å². The van der Waals surface area contributed by atoms with Gasteiger partial charge in [0, 0.05) is 0 Å². The van der Waals surface area contributed by atoms with Crippen LogP contribution in [0.15, 0.2) is 0 Å². The van der Waals surface area contributed by atoms with E-state index in [1.54, 1.807) is 0 Å². The van der Waals surface area contributed by atoms with Crippen molar-refractivity contribution in [3.63, 3.8) is 0 Å². The van der Waals surface area contributed by atoms with Crippen LogP contribution in [0.3, 0.4) is 0 Å². The molecule has 0 aliphatic carbocycles. The van der Waals surface area contributed by atoms with Crippen LogP contribution in [0.25, 0.3) is 0 Å². The summed E-state index contributed by atoms with van der Waals surface area (Å²) in [4.78, 5) is 10.1. The van der Waals surface area contributed by atoms with Crippen LogP contribution < -0.4 is 5.73 Å². The lowest BCUT2D eigenvalue weighted by Crippen LogP contribution is -2.56. The first-order chi connectivity index (χ1) is 3.27. The first-order valence-corrected chi connectivity index (χ1v) is 2.41. The lowest BCUT2D eigenvalue weighted by Gasteiger charge is -1.83. The van der Waals surface area contributed by atoms with E-state index in [1.807, 2.05) is 0 Å². The molecule has 0 aliphatic heterocycles. The molecule has 0 spiro atoms. The molecule has 0 heterocycles. The van der Waals surface area contributed by atoms with Crippen LogP contribution in [-0.4, -0.2) is 5.91 Å². The molecule has 2 nitrogen and oxygen atoms in total. The third-order valence-corrected chi connectivity index (χ3v) is 0.706. The third-order valence-electron chi connectivity index (χ3n) is 0.706. The summed E-state index contributed by atoms with van der Waals surface area (Å²) in [5, 5.41) is 0. The van der Waals surface area contributed by atoms with Crippen molar-refractivity contribution in [3.8, 4) is 0 Å². The van der Waals surface area contributed by atoms with Crippen LogP contribution in [0.4, 0.5) is 0 Å². The van der Waals surface area contributed by atoms with E-state index >= 15 is 0 Å². The van der Waals surface area contributed by atoms with Gasteiger partial charge in [0.2, 0.25) is 0 Å². The van der Waals surface area contributed by atoms with Gasteiger partial charge < -0.3 is 0 Å². The van der Waals surface area contributed by atoms with Crippen LogP contribution in [0.2, 0.25) is 0 Å². The summed E-state index contributed by atoms with van der Waals surface area (Å²) < 4.78 is 0. The van der Waals surface area contributed by atoms with Gasteiger partial charge in [0.25, 0.3) is 0 Å². The molecule has 0 aromatic carbocycles. The Kier molecular flexibility index (Phi) is 3.61. The van der Waals surface area contributed by atoms with Crippen LogP contribution >= 0.6 is 0 Å². The Balaban J connectivity index is 2.82. The van der Waals surface area contributed by atoms with Gasteiger partial charge in [-0.05, 0) is 6.42 Å². The fourth-order valence-electron chi connectivity index (χ4n) is 0.322. The smallest absolute Gasteiger partial charge is 0.295 e. The highest BCUT2D eigenvalue weighted by Gasteiger charge is 1.92. The average Bonchev–Trinajstić information content (AvgIpc) is 1.61. The Hall–Kier alpha value is -0.370. The molecular weight excluding hydrogens is 90.1 g/mol. The van der Waals surface area contributed by atoms with Gasteiger partial charge in [0.1, 0.15) is 0 Å². The highest BCUT2D eigenvalue weighted by Crippen LogP contribution is 1.88. The van der Waals surface area contributed by atoms with E-state index in [9.17, 15) is 4.79 Å². The summed E-state index contributed by atoms with van der Waals surface area (Å²) in [6, 6.07) is 0. The van der Waals surface area contributed by atoms with E-state index in [2.05, 4.69) is 12.7 Å². The molecule has 0 aromatic rings. The first-order valence-electron chi connectivity index (χ1n) is 2.41. The molecule has 0 saturated carbocycles. The molecule has 3 N–H and O–H groups in total. The molecule has 7 heavy (non-hydrogen) atoms. The van der Waals surface area contributed by atoms with Gasteiger partial charge in [-0.2, -0.15) is 0 Å². The monoisotopic (exact) mass is 101 g/mol. The number of hydrogen-bond acceptors (Lipinski definition) is 1. The van der Waals surface area contributed by atoms with Crippen molar-refractivity contribution < 1.29 is 10.5 Å². The molecule has 0 fully saturated rings. The maximum absolute atomic E-state index is 10.1. The van der Waals surface area contributed by atoms with Crippen LogP contribution in [0.5, 0.6) is 0 Å². The first kappa shape index (κ1) is 6.63. The zero-order chi connectivity index (χ0) is 5.70. The van der Waals surface area contributed by atoms with E-state index in [4.69, 9.17) is 0 Å². The van der Waals surface area contributed by atoms with Crippen molar-refractivity contribution in [3.05, 3.63) is 6.92 Å². The van der Waals surface area contributed by atoms with Crippen molar-refractivity contribution in [1.82, 2.24) is 0 Å². The second-order valence-corrected chi connectivity index (χ2v) is 1.50. The second-order valence-electron chi connectivity index (χ2n) is 1.50. The van der Waals surface area contributed by atoms with Crippen molar-refractivity contribution in [2.75, 3.05) is 0 Å². The van der Waals surface area contributed by atoms with E-state index in [-0.39, 0.29) is 5.91 Å². The van der Waals surface area contributed by atoms with Crippen molar-refractivity contribution in [1.29, 1.82) is 0 Å². The van der Waals surface area contributed by atoms with Crippen molar-refractivity contribution in [2.45, 2.75) is 19.3 Å². The van der Waals surface area contributed by atoms with Gasteiger partial charge in [-0.3, -0.25) is 5.73 Å². The van der Waals surface area contributed by atoms with Crippen LogP contribution in [-0.2, 0) is 4.79 Å². The Morgan fingerprint density at radius 1 is 1.71 bits per heavy atom. The highest BCUT2D eigenvalue weighted by atomic mass is 16.1. The maximum Gasteiger partial charge on any atom is 0.308 e. The molecule has 0 rings (SSSR count). The zero-order valence-electron chi connectivity index (χ0n) is 4.44. The van der Waals surface area contributed by atoms with E-state index in [0.29, 0.717) is 6.42 Å². The summed E-state index contributed by atoms with van der Waals surface area (Å²) >= 11 is 0. The Bertz CT molecular complexity index is 61.1. The van der Waals surface area contributed by atoms with Gasteiger partial charge in [0.15, 0.2) is 0 Å². The number of carbonyl (C=O) groups is 1. The number of amides is 1. The van der Waals surface area contributed by atoms with E-state index < -0.39 is 0 Å². The number of quaternary nitrogens is 1. The number of rotatable bonds is 3. The van der Waals surface area contributed by atoms with E-state index in [0.717, 1.165) is 12.8 Å². The van der Waals surface area contributed by atoms with Gasteiger partial charge >= 0.3 is 5.91 Å². The zero-order valence-corrected chi connectivity index (χ0v) is 4.44. The van der Waals surface area contributed by atoms with Gasteiger partial charge in [0.05, 0.1) is 6.42 Å². The molecule has 0 aliphatic rings. The minimum Gasteiger partial charge on any atom is -0.295 e. The maximum atomic E-state index is 10.1. The molecule has 41 valence electrons. The molecule has 0 saturated heterocycles. The van der Waals surface area contributed by atoms with Gasteiger partial charge in [-0.25, -0.2) is 4.79 Å². The van der Waals surface area contributed by atoms with Gasteiger partial charge in [-0.15, -0.1) is 0 Å². The lowest BCUT2D eigenvalue weighted by atomic mass is 10.2. The standard InChI is InChI=1S/C5H10NO/c1-2-3-4-5(6)7/h1-4H2,(H2,6,7)/p+1. The fourth-order valence-corrected chi connectivity index (χ4v) is 0.322. The second kappa shape index (κ2) is 3.81. The minimum absolute atomic E-state index is 0.0173. The average molecular weight is 101 g/mol. The molecule has 2 heteroatoms. The van der Waals surface area contributed by atoms with Crippen molar-refractivity contribution >= 4 is 5.91 Å². The van der Waals surface area contributed by atoms with Crippen LogP contribution in [0.1, 0.15) is 19.3 Å².